The van der Waals surface area contributed by atoms with Crippen molar-refractivity contribution < 1.29 is 14.3 Å². The van der Waals surface area contributed by atoms with Gasteiger partial charge in [0.1, 0.15) is 0 Å². The highest BCUT2D eigenvalue weighted by atomic mass is 16.6. The molecule has 0 atom stereocenters. The van der Waals surface area contributed by atoms with Gasteiger partial charge in [0.15, 0.2) is 11.5 Å². The lowest BCUT2D eigenvalue weighted by Gasteiger charge is -2.11. The Kier molecular flexibility index (Phi) is 4.21. The third-order valence-electron chi connectivity index (χ3n) is 3.91. The number of aryl methyl sites for hydroxylation is 3. The lowest BCUT2D eigenvalue weighted by Crippen LogP contribution is -2.12. The molecule has 122 valence electrons. The second-order valence-electron chi connectivity index (χ2n) is 5.86. The molecule has 0 bridgehead atoms. The first-order valence-electron chi connectivity index (χ1n) is 7.73. The average molecular weight is 321 g/mol. The zero-order valence-corrected chi connectivity index (χ0v) is 14.2. The van der Waals surface area contributed by atoms with Crippen LogP contribution in [0.15, 0.2) is 42.5 Å². The van der Waals surface area contributed by atoms with Gasteiger partial charge in [-0.3, -0.25) is 4.98 Å². The summed E-state index contributed by atoms with van der Waals surface area (Å²) in [6.07, 6.45) is 0. The summed E-state index contributed by atoms with van der Waals surface area (Å²) in [5, 5.41) is 0.911. The number of esters is 1. The van der Waals surface area contributed by atoms with Crippen molar-refractivity contribution in [3.05, 3.63) is 64.8 Å². The summed E-state index contributed by atoms with van der Waals surface area (Å²) < 4.78 is 10.8. The first-order valence-corrected chi connectivity index (χ1v) is 7.73. The fourth-order valence-electron chi connectivity index (χ4n) is 2.59. The van der Waals surface area contributed by atoms with Gasteiger partial charge in [-0.2, -0.15) is 0 Å². The average Bonchev–Trinajstić information content (AvgIpc) is 2.55. The van der Waals surface area contributed by atoms with Gasteiger partial charge in [-0.15, -0.1) is 0 Å². The molecule has 0 aliphatic heterocycles. The Balaban J connectivity index is 1.97. The molecule has 0 aliphatic carbocycles. The molecule has 1 aromatic heterocycles. The van der Waals surface area contributed by atoms with Crippen LogP contribution in [0, 0.1) is 20.8 Å². The van der Waals surface area contributed by atoms with Gasteiger partial charge in [0, 0.05) is 5.39 Å². The number of carbonyl (C=O) groups is 1. The van der Waals surface area contributed by atoms with Crippen molar-refractivity contribution in [2.75, 3.05) is 7.11 Å². The number of nitrogens with zero attached hydrogens (tertiary/aromatic N) is 1. The zero-order valence-electron chi connectivity index (χ0n) is 14.2. The molecule has 3 rings (SSSR count). The smallest absolute Gasteiger partial charge is 0.345 e. The van der Waals surface area contributed by atoms with Crippen molar-refractivity contribution in [3.8, 4) is 11.5 Å². The maximum atomic E-state index is 12.6. The standard InChI is InChI=1S/C20H19NO3/c1-12-5-7-15-11-16(14(3)21-17(15)9-12)20(22)24-18-8-6-13(2)10-19(18)23-4/h5-11H,1-4H3. The summed E-state index contributed by atoms with van der Waals surface area (Å²) in [5.74, 6) is 0.492. The van der Waals surface area contributed by atoms with Gasteiger partial charge >= 0.3 is 5.97 Å². The highest BCUT2D eigenvalue weighted by molar-refractivity contribution is 5.96. The predicted octanol–water partition coefficient (Wildman–Crippen LogP) is 4.39. The number of fused-ring (bicyclic) bond motifs is 1. The first-order chi connectivity index (χ1) is 11.5. The van der Waals surface area contributed by atoms with Crippen molar-refractivity contribution in [1.82, 2.24) is 4.98 Å². The van der Waals surface area contributed by atoms with Gasteiger partial charge < -0.3 is 9.47 Å². The number of rotatable bonds is 3. The van der Waals surface area contributed by atoms with Crippen LogP contribution in [0.2, 0.25) is 0 Å². The molecule has 4 heteroatoms. The largest absolute Gasteiger partial charge is 0.493 e. The lowest BCUT2D eigenvalue weighted by atomic mass is 10.1. The molecule has 0 unspecified atom stereocenters. The van der Waals surface area contributed by atoms with E-state index in [0.717, 1.165) is 22.0 Å². The number of ether oxygens (including phenoxy) is 2. The highest BCUT2D eigenvalue weighted by Crippen LogP contribution is 2.29. The van der Waals surface area contributed by atoms with Gasteiger partial charge in [-0.1, -0.05) is 18.2 Å². The number of hydrogen-bond donors (Lipinski definition) is 0. The molecule has 0 fully saturated rings. The molecule has 24 heavy (non-hydrogen) atoms. The van der Waals surface area contributed by atoms with E-state index in [0.29, 0.717) is 22.8 Å². The van der Waals surface area contributed by atoms with Crippen LogP contribution in [-0.4, -0.2) is 18.1 Å². The third kappa shape index (κ3) is 3.08. The van der Waals surface area contributed by atoms with E-state index < -0.39 is 5.97 Å². The molecule has 0 N–H and O–H groups in total. The van der Waals surface area contributed by atoms with Crippen molar-refractivity contribution in [2.45, 2.75) is 20.8 Å². The summed E-state index contributed by atoms with van der Waals surface area (Å²) in [4.78, 5) is 17.1. The normalized spacial score (nSPS) is 10.7. The van der Waals surface area contributed by atoms with Gasteiger partial charge in [0.25, 0.3) is 0 Å². The first kappa shape index (κ1) is 16.0. The lowest BCUT2D eigenvalue weighted by molar-refractivity contribution is 0.0728. The molecule has 0 saturated heterocycles. The molecule has 1 heterocycles. The summed E-state index contributed by atoms with van der Waals surface area (Å²) in [6.45, 7) is 5.78. The molecule has 0 radical (unpaired) electrons. The van der Waals surface area contributed by atoms with Crippen molar-refractivity contribution >= 4 is 16.9 Å². The van der Waals surface area contributed by atoms with Crippen molar-refractivity contribution in [1.29, 1.82) is 0 Å². The minimum absolute atomic E-state index is 0.400. The van der Waals surface area contributed by atoms with Crippen molar-refractivity contribution in [2.24, 2.45) is 0 Å². The zero-order chi connectivity index (χ0) is 17.3. The molecule has 0 amide bonds. The minimum Gasteiger partial charge on any atom is -0.493 e. The Morgan fingerprint density at radius 2 is 1.62 bits per heavy atom. The van der Waals surface area contributed by atoms with Crippen LogP contribution >= 0.6 is 0 Å². The third-order valence-corrected chi connectivity index (χ3v) is 3.91. The minimum atomic E-state index is -0.440. The Morgan fingerprint density at radius 3 is 2.38 bits per heavy atom. The fourth-order valence-corrected chi connectivity index (χ4v) is 2.59. The highest BCUT2D eigenvalue weighted by Gasteiger charge is 2.16. The fraction of sp³-hybridized carbons (Fsp3) is 0.200. The maximum absolute atomic E-state index is 12.6. The second kappa shape index (κ2) is 6.32. The molecule has 3 aromatic rings. The van der Waals surface area contributed by atoms with Gasteiger partial charge in [-0.25, -0.2) is 4.79 Å². The van der Waals surface area contributed by atoms with E-state index in [2.05, 4.69) is 4.98 Å². The number of carbonyl (C=O) groups excluding carboxylic acids is 1. The number of aromatic nitrogens is 1. The van der Waals surface area contributed by atoms with Crippen LogP contribution in [0.3, 0.4) is 0 Å². The quantitative estimate of drug-likeness (QED) is 0.530. The van der Waals surface area contributed by atoms with E-state index >= 15 is 0 Å². The van der Waals surface area contributed by atoms with E-state index in [-0.39, 0.29) is 0 Å². The van der Waals surface area contributed by atoms with Crippen LogP contribution in [-0.2, 0) is 0 Å². The molecule has 2 aromatic carbocycles. The summed E-state index contributed by atoms with van der Waals surface area (Å²) in [6, 6.07) is 13.2. The van der Waals surface area contributed by atoms with Gasteiger partial charge in [0.2, 0.25) is 0 Å². The number of benzene rings is 2. The van der Waals surface area contributed by atoms with Crippen LogP contribution in [0.5, 0.6) is 11.5 Å². The molecular formula is C20H19NO3. The monoisotopic (exact) mass is 321 g/mol. The molecule has 4 nitrogen and oxygen atoms in total. The Labute approximate surface area is 141 Å². The van der Waals surface area contributed by atoms with E-state index in [9.17, 15) is 4.79 Å². The van der Waals surface area contributed by atoms with Crippen LogP contribution in [0.4, 0.5) is 0 Å². The summed E-state index contributed by atoms with van der Waals surface area (Å²) in [5.41, 5.74) is 4.13. The number of hydrogen-bond acceptors (Lipinski definition) is 4. The number of pyridine rings is 1. The molecular weight excluding hydrogens is 302 g/mol. The van der Waals surface area contributed by atoms with E-state index in [4.69, 9.17) is 9.47 Å². The molecule has 0 spiro atoms. The predicted molar refractivity (Wildman–Crippen MR) is 93.9 cm³/mol. The summed E-state index contributed by atoms with van der Waals surface area (Å²) >= 11 is 0. The molecule has 0 aliphatic rings. The molecule has 0 saturated carbocycles. The Bertz CT molecular complexity index is 932. The Hall–Kier alpha value is -2.88. The van der Waals surface area contributed by atoms with Crippen LogP contribution in [0.1, 0.15) is 27.2 Å². The van der Waals surface area contributed by atoms with Crippen LogP contribution in [0.25, 0.3) is 10.9 Å². The van der Waals surface area contributed by atoms with Crippen molar-refractivity contribution in [3.63, 3.8) is 0 Å². The number of methoxy groups -OCH3 is 1. The van der Waals surface area contributed by atoms with E-state index in [1.807, 2.05) is 57.2 Å². The van der Waals surface area contributed by atoms with Gasteiger partial charge in [0.05, 0.1) is 23.9 Å². The summed E-state index contributed by atoms with van der Waals surface area (Å²) in [7, 11) is 1.55. The maximum Gasteiger partial charge on any atom is 0.345 e. The van der Waals surface area contributed by atoms with Crippen LogP contribution < -0.4 is 9.47 Å². The van der Waals surface area contributed by atoms with E-state index in [1.165, 1.54) is 0 Å². The topological polar surface area (TPSA) is 48.4 Å². The van der Waals surface area contributed by atoms with Gasteiger partial charge in [-0.05, 0) is 56.2 Å². The van der Waals surface area contributed by atoms with E-state index in [1.54, 1.807) is 13.2 Å². The SMILES string of the molecule is COc1cc(C)ccc1OC(=O)c1cc2ccc(C)cc2nc1C. The second-order valence-corrected chi connectivity index (χ2v) is 5.86. The Morgan fingerprint density at radius 1 is 0.917 bits per heavy atom.